The second-order valence-electron chi connectivity index (χ2n) is 5.98. The summed E-state index contributed by atoms with van der Waals surface area (Å²) in [4.78, 5) is 31.6. The van der Waals surface area contributed by atoms with Crippen molar-refractivity contribution in [1.29, 1.82) is 0 Å². The van der Waals surface area contributed by atoms with Gasteiger partial charge in [0.15, 0.2) is 0 Å². The van der Waals surface area contributed by atoms with Gasteiger partial charge in [-0.05, 0) is 23.6 Å². The Kier molecular flexibility index (Phi) is 3.93. The van der Waals surface area contributed by atoms with E-state index < -0.39 is 5.97 Å². The summed E-state index contributed by atoms with van der Waals surface area (Å²) < 4.78 is 0. The van der Waals surface area contributed by atoms with Crippen LogP contribution < -0.4 is 0 Å². The van der Waals surface area contributed by atoms with E-state index in [2.05, 4.69) is 9.97 Å². The fourth-order valence-electron chi connectivity index (χ4n) is 3.09. The van der Waals surface area contributed by atoms with Gasteiger partial charge in [0.2, 0.25) is 5.78 Å². The fourth-order valence-corrected chi connectivity index (χ4v) is 3.26. The lowest BCUT2D eigenvalue weighted by atomic mass is 10.0. The number of fused-ring (bicyclic) bond motifs is 2. The minimum atomic E-state index is -1.01. The molecule has 2 aromatic carbocycles. The number of rotatable bonds is 4. The molecule has 0 bridgehead atoms. The molecule has 4 aromatic rings. The number of nitrogens with one attached hydrogen (secondary N) is 1. The van der Waals surface area contributed by atoms with E-state index in [1.807, 2.05) is 24.3 Å². The van der Waals surface area contributed by atoms with Crippen LogP contribution in [0.1, 0.15) is 21.7 Å². The Morgan fingerprint density at radius 2 is 1.85 bits per heavy atom. The number of carbonyl (C=O) groups is 2. The van der Waals surface area contributed by atoms with Gasteiger partial charge in [-0.2, -0.15) is 0 Å². The second-order valence-corrected chi connectivity index (χ2v) is 6.42. The van der Waals surface area contributed by atoms with Crippen molar-refractivity contribution in [3.63, 3.8) is 0 Å². The summed E-state index contributed by atoms with van der Waals surface area (Å²) in [6.45, 7) is 0. The van der Waals surface area contributed by atoms with Crippen LogP contribution >= 0.6 is 11.6 Å². The first-order valence-corrected chi connectivity index (χ1v) is 8.32. The Balaban J connectivity index is 1.88. The number of carboxylic acid groups (broad SMARTS) is 1. The topological polar surface area (TPSA) is 83.0 Å². The zero-order valence-electron chi connectivity index (χ0n) is 13.5. The van der Waals surface area contributed by atoms with Crippen LogP contribution in [0.4, 0.5) is 0 Å². The van der Waals surface area contributed by atoms with Crippen molar-refractivity contribution in [2.45, 2.75) is 6.42 Å². The maximum Gasteiger partial charge on any atom is 0.307 e. The molecule has 0 fully saturated rings. The molecule has 0 unspecified atom stereocenters. The van der Waals surface area contributed by atoms with Crippen molar-refractivity contribution < 1.29 is 14.7 Å². The van der Waals surface area contributed by atoms with Gasteiger partial charge < -0.3 is 10.1 Å². The molecule has 2 N–H and O–H groups in total. The van der Waals surface area contributed by atoms with E-state index in [1.54, 1.807) is 30.5 Å². The van der Waals surface area contributed by atoms with E-state index in [0.29, 0.717) is 21.5 Å². The number of aromatic nitrogens is 2. The van der Waals surface area contributed by atoms with Crippen molar-refractivity contribution in [3.8, 4) is 0 Å². The van der Waals surface area contributed by atoms with Gasteiger partial charge in [0.05, 0.1) is 12.1 Å². The third-order valence-corrected chi connectivity index (χ3v) is 4.52. The summed E-state index contributed by atoms with van der Waals surface area (Å²) in [5.41, 5.74) is 1.54. The van der Waals surface area contributed by atoms with E-state index >= 15 is 0 Å². The fraction of sp³-hybridized carbons (Fsp3) is 0.0500. The standard InChI is InChI=1S/C20H13ClN2O3/c21-13-5-6-14-15(9-18(24)25)19(23-16(14)8-13)20(26)17-7-11-3-1-2-4-12(11)10-22-17/h1-8,10,23H,9H2,(H,24,25). The molecule has 0 saturated heterocycles. The Morgan fingerprint density at radius 1 is 1.08 bits per heavy atom. The predicted molar refractivity (Wildman–Crippen MR) is 99.8 cm³/mol. The lowest BCUT2D eigenvalue weighted by Crippen LogP contribution is -2.10. The summed E-state index contributed by atoms with van der Waals surface area (Å²) in [5.74, 6) is -1.36. The number of pyridine rings is 1. The number of aliphatic carboxylic acids is 1. The maximum atomic E-state index is 13.0. The number of H-pyrrole nitrogens is 1. The number of hydrogen-bond donors (Lipinski definition) is 2. The number of ketones is 1. The number of halogens is 1. The van der Waals surface area contributed by atoms with E-state index in [0.717, 1.165) is 10.8 Å². The van der Waals surface area contributed by atoms with Gasteiger partial charge in [-0.15, -0.1) is 0 Å². The zero-order valence-corrected chi connectivity index (χ0v) is 14.2. The zero-order chi connectivity index (χ0) is 18.3. The Bertz CT molecular complexity index is 1180. The highest BCUT2D eigenvalue weighted by Gasteiger charge is 2.22. The molecule has 0 aliphatic rings. The van der Waals surface area contributed by atoms with E-state index in [1.165, 1.54) is 0 Å². The number of carboxylic acids is 1. The summed E-state index contributed by atoms with van der Waals surface area (Å²) in [5, 5.41) is 12.2. The summed E-state index contributed by atoms with van der Waals surface area (Å²) in [7, 11) is 0. The number of benzene rings is 2. The van der Waals surface area contributed by atoms with Gasteiger partial charge in [-0.1, -0.05) is 41.9 Å². The summed E-state index contributed by atoms with van der Waals surface area (Å²) in [6.07, 6.45) is 1.37. The van der Waals surface area contributed by atoms with Gasteiger partial charge in [0, 0.05) is 33.1 Å². The molecule has 6 heteroatoms. The maximum absolute atomic E-state index is 13.0. The monoisotopic (exact) mass is 364 g/mol. The third-order valence-electron chi connectivity index (χ3n) is 4.29. The minimum Gasteiger partial charge on any atom is -0.481 e. The Morgan fingerprint density at radius 3 is 2.62 bits per heavy atom. The van der Waals surface area contributed by atoms with Crippen molar-refractivity contribution in [3.05, 3.63) is 76.7 Å². The molecule has 128 valence electrons. The molecule has 0 aliphatic carbocycles. The van der Waals surface area contributed by atoms with Gasteiger partial charge >= 0.3 is 5.97 Å². The summed E-state index contributed by atoms with van der Waals surface area (Å²) >= 11 is 6.01. The average molecular weight is 365 g/mol. The van der Waals surface area contributed by atoms with Crippen LogP contribution in [0.2, 0.25) is 5.02 Å². The molecule has 4 rings (SSSR count). The Labute approximate surface area is 153 Å². The Hall–Kier alpha value is -3.18. The van der Waals surface area contributed by atoms with Gasteiger partial charge in [0.25, 0.3) is 0 Å². The molecule has 0 amide bonds. The second kappa shape index (κ2) is 6.28. The van der Waals surface area contributed by atoms with Crippen molar-refractivity contribution in [2.75, 3.05) is 0 Å². The molecule has 0 spiro atoms. The third kappa shape index (κ3) is 2.82. The predicted octanol–water partition coefficient (Wildman–Crippen LogP) is 4.23. The molecule has 0 aliphatic heterocycles. The van der Waals surface area contributed by atoms with Crippen molar-refractivity contribution in [1.82, 2.24) is 9.97 Å². The lowest BCUT2D eigenvalue weighted by Gasteiger charge is -2.04. The molecule has 2 heterocycles. The molecule has 0 saturated carbocycles. The van der Waals surface area contributed by atoms with Gasteiger partial charge in [0.1, 0.15) is 5.69 Å². The smallest absolute Gasteiger partial charge is 0.307 e. The number of carbonyl (C=O) groups excluding carboxylic acids is 1. The average Bonchev–Trinajstić information content (AvgIpc) is 2.97. The van der Waals surface area contributed by atoms with E-state index in [4.69, 9.17) is 11.6 Å². The van der Waals surface area contributed by atoms with Crippen molar-refractivity contribution >= 4 is 45.0 Å². The highest BCUT2D eigenvalue weighted by Crippen LogP contribution is 2.27. The molecule has 0 radical (unpaired) electrons. The highest BCUT2D eigenvalue weighted by atomic mass is 35.5. The molecule has 2 aromatic heterocycles. The first-order valence-electron chi connectivity index (χ1n) is 7.94. The number of hydrogen-bond acceptors (Lipinski definition) is 3. The molecule has 5 nitrogen and oxygen atoms in total. The minimum absolute atomic E-state index is 0.229. The summed E-state index contributed by atoms with van der Waals surface area (Å²) in [6, 6.07) is 14.4. The number of aromatic amines is 1. The molecule has 26 heavy (non-hydrogen) atoms. The SMILES string of the molecule is O=C(O)Cc1c(C(=O)c2cc3ccccc3cn2)[nH]c2cc(Cl)ccc12. The van der Waals surface area contributed by atoms with E-state index in [-0.39, 0.29) is 23.6 Å². The quantitative estimate of drug-likeness (QED) is 0.531. The van der Waals surface area contributed by atoms with Crippen LogP contribution in [0, 0.1) is 0 Å². The molecular formula is C20H13ClN2O3. The van der Waals surface area contributed by atoms with Crippen LogP contribution in [-0.2, 0) is 11.2 Å². The van der Waals surface area contributed by atoms with Crippen LogP contribution in [-0.4, -0.2) is 26.8 Å². The van der Waals surface area contributed by atoms with Gasteiger partial charge in [-0.25, -0.2) is 0 Å². The van der Waals surface area contributed by atoms with Gasteiger partial charge in [-0.3, -0.25) is 14.6 Å². The van der Waals surface area contributed by atoms with Crippen LogP contribution in [0.3, 0.4) is 0 Å². The van der Waals surface area contributed by atoms with Crippen LogP contribution in [0.5, 0.6) is 0 Å². The van der Waals surface area contributed by atoms with E-state index in [9.17, 15) is 14.7 Å². The number of nitrogens with zero attached hydrogens (tertiary/aromatic N) is 1. The van der Waals surface area contributed by atoms with Crippen LogP contribution in [0.25, 0.3) is 21.7 Å². The van der Waals surface area contributed by atoms with Crippen molar-refractivity contribution in [2.24, 2.45) is 0 Å². The normalized spacial score (nSPS) is 11.1. The highest BCUT2D eigenvalue weighted by molar-refractivity contribution is 6.31. The lowest BCUT2D eigenvalue weighted by molar-refractivity contribution is -0.136. The molecular weight excluding hydrogens is 352 g/mol. The first kappa shape index (κ1) is 16.3. The van der Waals surface area contributed by atoms with Crippen LogP contribution in [0.15, 0.2) is 54.7 Å². The largest absolute Gasteiger partial charge is 0.481 e. The molecule has 0 atom stereocenters. The first-order chi connectivity index (χ1) is 12.5.